The molecule has 0 spiro atoms. The summed E-state index contributed by atoms with van der Waals surface area (Å²) >= 11 is 5.94. The molecule has 0 N–H and O–H groups in total. The van der Waals surface area contributed by atoms with Gasteiger partial charge in [0.2, 0.25) is 26.7 Å². The molecule has 8 nitrogen and oxygen atoms in total. The third-order valence-electron chi connectivity index (χ3n) is 5.81. The summed E-state index contributed by atoms with van der Waals surface area (Å²) < 4.78 is 38.3. The van der Waals surface area contributed by atoms with Crippen LogP contribution in [0.2, 0.25) is 5.02 Å². The van der Waals surface area contributed by atoms with Crippen LogP contribution in [0.3, 0.4) is 0 Å². The van der Waals surface area contributed by atoms with E-state index in [4.69, 9.17) is 20.4 Å². The molecule has 5 rings (SSSR count). The van der Waals surface area contributed by atoms with Crippen molar-refractivity contribution in [3.8, 4) is 11.7 Å². The lowest BCUT2D eigenvalue weighted by molar-refractivity contribution is -0.130. The fraction of sp³-hybridized carbons (Fsp3) is 0.200. The van der Waals surface area contributed by atoms with Crippen LogP contribution in [0.5, 0.6) is 0 Å². The second kappa shape index (κ2) is 9.59. The number of aromatic nitrogens is 1. The van der Waals surface area contributed by atoms with Gasteiger partial charge >= 0.3 is 0 Å². The topological polar surface area (TPSA) is 96.9 Å². The van der Waals surface area contributed by atoms with Gasteiger partial charge in [-0.25, -0.2) is 8.42 Å². The Morgan fingerprint density at radius 3 is 2.31 bits per heavy atom. The van der Waals surface area contributed by atoms with Crippen LogP contribution in [0, 0.1) is 0 Å². The monoisotopic (exact) mass is 511 g/mol. The number of sulfone groups is 1. The van der Waals surface area contributed by atoms with Crippen molar-refractivity contribution in [3.05, 3.63) is 83.6 Å². The highest BCUT2D eigenvalue weighted by Gasteiger charge is 2.34. The van der Waals surface area contributed by atoms with E-state index in [0.717, 1.165) is 5.56 Å². The molecule has 0 radical (unpaired) electrons. The molecule has 2 aromatic heterocycles. The number of anilines is 1. The third-order valence-corrected chi connectivity index (χ3v) is 7.73. The summed E-state index contributed by atoms with van der Waals surface area (Å²) in [5.41, 5.74) is 0.953. The van der Waals surface area contributed by atoms with Gasteiger partial charge in [0.15, 0.2) is 5.76 Å². The predicted molar refractivity (Wildman–Crippen MR) is 130 cm³/mol. The number of hydrogen-bond acceptors (Lipinski definition) is 7. The average molecular weight is 512 g/mol. The number of rotatable bonds is 6. The van der Waals surface area contributed by atoms with Crippen molar-refractivity contribution >= 4 is 33.2 Å². The zero-order chi connectivity index (χ0) is 24.4. The molecule has 0 saturated carbocycles. The van der Waals surface area contributed by atoms with Gasteiger partial charge in [0, 0.05) is 31.2 Å². The normalized spacial score (nSPS) is 14.3. The molecule has 1 saturated heterocycles. The van der Waals surface area contributed by atoms with Crippen LogP contribution in [-0.2, 0) is 21.1 Å². The highest BCUT2D eigenvalue weighted by atomic mass is 35.5. The zero-order valence-corrected chi connectivity index (χ0v) is 20.2. The van der Waals surface area contributed by atoms with E-state index in [-0.39, 0.29) is 27.6 Å². The highest BCUT2D eigenvalue weighted by molar-refractivity contribution is 7.91. The first-order valence-corrected chi connectivity index (χ1v) is 12.9. The van der Waals surface area contributed by atoms with Gasteiger partial charge in [-0.15, -0.1) is 0 Å². The van der Waals surface area contributed by atoms with E-state index in [1.807, 2.05) is 30.3 Å². The van der Waals surface area contributed by atoms with Crippen LogP contribution in [0.25, 0.3) is 11.7 Å². The molecule has 3 heterocycles. The van der Waals surface area contributed by atoms with E-state index >= 15 is 0 Å². The number of amides is 1. The molecule has 10 heteroatoms. The number of benzene rings is 2. The Bertz CT molecular complexity index is 1410. The number of carbonyl (C=O) groups excluding carboxylic acids is 1. The second-order valence-corrected chi connectivity index (χ2v) is 10.4. The summed E-state index contributed by atoms with van der Waals surface area (Å²) in [7, 11) is -4.00. The molecule has 1 aliphatic heterocycles. The zero-order valence-electron chi connectivity index (χ0n) is 18.6. The fourth-order valence-electron chi connectivity index (χ4n) is 3.95. The van der Waals surface area contributed by atoms with Crippen LogP contribution in [0.15, 0.2) is 91.7 Å². The summed E-state index contributed by atoms with van der Waals surface area (Å²) in [4.78, 5) is 20.7. The summed E-state index contributed by atoms with van der Waals surface area (Å²) in [5.74, 6) is 0.542. The smallest absolute Gasteiger partial charge is 0.266 e. The molecule has 4 aromatic rings. The van der Waals surface area contributed by atoms with Crippen molar-refractivity contribution in [1.82, 2.24) is 9.88 Å². The largest absolute Gasteiger partial charge is 0.459 e. The lowest BCUT2D eigenvalue weighted by Gasteiger charge is -2.34. The minimum Gasteiger partial charge on any atom is -0.459 e. The van der Waals surface area contributed by atoms with Crippen molar-refractivity contribution in [2.45, 2.75) is 16.3 Å². The number of carbonyl (C=O) groups is 1. The number of furan rings is 1. The first-order chi connectivity index (χ1) is 16.9. The maximum atomic E-state index is 13.5. The van der Waals surface area contributed by atoms with Crippen LogP contribution in [0.4, 0.5) is 5.88 Å². The second-order valence-electron chi connectivity index (χ2n) is 8.09. The standard InChI is InChI=1S/C25H22ClN3O5S/c26-19-8-10-20(11-9-19)35(31,32)24-25(34-23(27-24)21-7-4-16-33-21)29-14-12-28(13-15-29)22(30)17-18-5-2-1-3-6-18/h1-11,16H,12-15,17H2. The maximum absolute atomic E-state index is 13.5. The Kier molecular flexibility index (Phi) is 6.36. The first-order valence-electron chi connectivity index (χ1n) is 11.0. The molecule has 1 aliphatic rings. The molecule has 1 amide bonds. The van der Waals surface area contributed by atoms with Crippen LogP contribution < -0.4 is 4.90 Å². The SMILES string of the molecule is O=C(Cc1ccccc1)N1CCN(c2oc(-c3ccco3)nc2S(=O)(=O)c2ccc(Cl)cc2)CC1. The quantitative estimate of drug-likeness (QED) is 0.380. The van der Waals surface area contributed by atoms with E-state index in [0.29, 0.717) is 43.4 Å². The predicted octanol–water partition coefficient (Wildman–Crippen LogP) is 4.31. The first kappa shape index (κ1) is 23.2. The Hall–Kier alpha value is -3.56. The van der Waals surface area contributed by atoms with Crippen molar-refractivity contribution in [2.24, 2.45) is 0 Å². The Morgan fingerprint density at radius 1 is 0.943 bits per heavy atom. The van der Waals surface area contributed by atoms with Crippen molar-refractivity contribution in [1.29, 1.82) is 0 Å². The van der Waals surface area contributed by atoms with Crippen LogP contribution in [0.1, 0.15) is 5.56 Å². The number of piperazine rings is 1. The van der Waals surface area contributed by atoms with Gasteiger partial charge in [0.25, 0.3) is 5.89 Å². The third kappa shape index (κ3) is 4.82. The molecule has 1 fully saturated rings. The summed E-state index contributed by atoms with van der Waals surface area (Å²) in [6, 6.07) is 18.8. The molecule has 0 unspecified atom stereocenters. The van der Waals surface area contributed by atoms with Crippen molar-refractivity contribution < 1.29 is 22.0 Å². The minimum absolute atomic E-state index is 0.0266. The van der Waals surface area contributed by atoms with Crippen molar-refractivity contribution in [2.75, 3.05) is 31.1 Å². The number of halogens is 1. The van der Waals surface area contributed by atoms with Gasteiger partial charge in [-0.05, 0) is 42.0 Å². The molecule has 180 valence electrons. The lowest BCUT2D eigenvalue weighted by atomic mass is 10.1. The van der Waals surface area contributed by atoms with Gasteiger partial charge in [-0.1, -0.05) is 41.9 Å². The van der Waals surface area contributed by atoms with Gasteiger partial charge in [-0.2, -0.15) is 4.98 Å². The van der Waals surface area contributed by atoms with E-state index in [1.165, 1.54) is 30.5 Å². The molecule has 35 heavy (non-hydrogen) atoms. The van der Waals surface area contributed by atoms with E-state index in [2.05, 4.69) is 4.98 Å². The highest BCUT2D eigenvalue weighted by Crippen LogP contribution is 2.35. The molecule has 2 aromatic carbocycles. The fourth-order valence-corrected chi connectivity index (χ4v) is 5.39. The molecular formula is C25H22ClN3O5S. The summed E-state index contributed by atoms with van der Waals surface area (Å²) in [6.45, 7) is 1.67. The van der Waals surface area contributed by atoms with E-state index in [1.54, 1.807) is 21.9 Å². The van der Waals surface area contributed by atoms with Gasteiger partial charge in [-0.3, -0.25) is 4.79 Å². The van der Waals surface area contributed by atoms with Gasteiger partial charge in [0.05, 0.1) is 17.6 Å². The molecular weight excluding hydrogens is 490 g/mol. The number of oxazole rings is 1. The number of hydrogen-bond donors (Lipinski definition) is 0. The lowest BCUT2D eigenvalue weighted by Crippen LogP contribution is -2.49. The van der Waals surface area contributed by atoms with Crippen LogP contribution in [-0.4, -0.2) is 50.4 Å². The van der Waals surface area contributed by atoms with Gasteiger partial charge < -0.3 is 18.6 Å². The van der Waals surface area contributed by atoms with Crippen molar-refractivity contribution in [3.63, 3.8) is 0 Å². The minimum atomic E-state index is -4.00. The molecule has 0 atom stereocenters. The summed E-state index contributed by atoms with van der Waals surface area (Å²) in [6.07, 6.45) is 1.78. The van der Waals surface area contributed by atoms with Crippen LogP contribution >= 0.6 is 11.6 Å². The molecule has 0 bridgehead atoms. The van der Waals surface area contributed by atoms with E-state index in [9.17, 15) is 13.2 Å². The Labute approximate surface area is 207 Å². The van der Waals surface area contributed by atoms with E-state index < -0.39 is 9.84 Å². The number of nitrogens with zero attached hydrogens (tertiary/aromatic N) is 3. The Morgan fingerprint density at radius 2 is 1.66 bits per heavy atom. The summed E-state index contributed by atoms with van der Waals surface area (Å²) in [5, 5.41) is 0.229. The molecule has 0 aliphatic carbocycles. The average Bonchev–Trinajstić information content (AvgIpc) is 3.56. The van der Waals surface area contributed by atoms with Gasteiger partial charge in [0.1, 0.15) is 0 Å². The Balaban J connectivity index is 1.40. The maximum Gasteiger partial charge on any atom is 0.266 e.